The van der Waals surface area contributed by atoms with Crippen molar-refractivity contribution in [3.63, 3.8) is 0 Å². The highest BCUT2D eigenvalue weighted by molar-refractivity contribution is 5.75. The Bertz CT molecular complexity index is 579. The normalized spacial score (nSPS) is 18.4. The van der Waals surface area contributed by atoms with Gasteiger partial charge in [-0.2, -0.15) is 0 Å². The van der Waals surface area contributed by atoms with Crippen LogP contribution < -0.4 is 9.64 Å². The SMILES string of the molecule is COc1cc(N2CCOC(C(=O)O)C2)c([N+](=O)[O-])cc1F. The standard InChI is InChI=1S/C12H13FN2O6/c1-20-10-5-8(9(15(18)19)4-7(10)13)14-2-3-21-11(6-14)12(16)17/h4-5,11H,2-3,6H2,1H3,(H,16,17). The van der Waals surface area contributed by atoms with Crippen LogP contribution in [-0.4, -0.2) is 48.9 Å². The minimum absolute atomic E-state index is 0.0645. The van der Waals surface area contributed by atoms with E-state index in [1.165, 1.54) is 18.1 Å². The van der Waals surface area contributed by atoms with Crippen LogP contribution in [0.1, 0.15) is 0 Å². The first-order valence-electron chi connectivity index (χ1n) is 6.05. The summed E-state index contributed by atoms with van der Waals surface area (Å²) >= 11 is 0. The molecule has 1 N–H and O–H groups in total. The molecule has 0 radical (unpaired) electrons. The fraction of sp³-hybridized carbons (Fsp3) is 0.417. The Morgan fingerprint density at radius 3 is 2.90 bits per heavy atom. The molecule has 1 aliphatic rings. The average molecular weight is 300 g/mol. The zero-order valence-corrected chi connectivity index (χ0v) is 11.1. The lowest BCUT2D eigenvalue weighted by molar-refractivity contribution is -0.384. The highest BCUT2D eigenvalue weighted by Gasteiger charge is 2.31. The number of morpholine rings is 1. The average Bonchev–Trinajstić information content (AvgIpc) is 2.46. The molecule has 21 heavy (non-hydrogen) atoms. The summed E-state index contributed by atoms with van der Waals surface area (Å²) in [6.45, 7) is 0.304. The maximum Gasteiger partial charge on any atom is 0.334 e. The molecule has 0 aromatic heterocycles. The van der Waals surface area contributed by atoms with Crippen LogP contribution >= 0.6 is 0 Å². The Hall–Kier alpha value is -2.42. The number of nitro groups is 1. The van der Waals surface area contributed by atoms with Crippen molar-refractivity contribution in [1.29, 1.82) is 0 Å². The Morgan fingerprint density at radius 1 is 1.62 bits per heavy atom. The van der Waals surface area contributed by atoms with Crippen LogP contribution in [-0.2, 0) is 9.53 Å². The van der Waals surface area contributed by atoms with Gasteiger partial charge in [0.25, 0.3) is 5.69 Å². The van der Waals surface area contributed by atoms with E-state index in [9.17, 15) is 19.3 Å². The molecule has 0 spiro atoms. The zero-order chi connectivity index (χ0) is 15.6. The summed E-state index contributed by atoms with van der Waals surface area (Å²) in [6, 6.07) is 1.96. The maximum atomic E-state index is 13.6. The third-order valence-electron chi connectivity index (χ3n) is 3.13. The number of rotatable bonds is 4. The predicted molar refractivity (Wildman–Crippen MR) is 69.2 cm³/mol. The lowest BCUT2D eigenvalue weighted by Crippen LogP contribution is -2.46. The van der Waals surface area contributed by atoms with Gasteiger partial charge in [0.1, 0.15) is 5.69 Å². The van der Waals surface area contributed by atoms with Gasteiger partial charge < -0.3 is 19.5 Å². The molecule has 0 amide bonds. The Labute approximate surface area is 118 Å². The second kappa shape index (κ2) is 5.92. The number of carbonyl (C=O) groups is 1. The number of anilines is 1. The van der Waals surface area contributed by atoms with Crippen molar-refractivity contribution < 1.29 is 28.7 Å². The summed E-state index contributed by atoms with van der Waals surface area (Å²) in [5, 5.41) is 20.0. The molecule has 1 atom stereocenters. The van der Waals surface area contributed by atoms with Gasteiger partial charge in [-0.1, -0.05) is 0 Å². The number of nitro benzene ring substituents is 1. The molecule has 1 aromatic rings. The number of benzene rings is 1. The van der Waals surface area contributed by atoms with Crippen molar-refractivity contribution in [2.24, 2.45) is 0 Å². The van der Waals surface area contributed by atoms with E-state index in [4.69, 9.17) is 14.6 Å². The number of nitrogens with zero attached hydrogens (tertiary/aromatic N) is 2. The molecule has 0 bridgehead atoms. The van der Waals surface area contributed by atoms with E-state index in [2.05, 4.69) is 0 Å². The molecule has 0 saturated carbocycles. The second-order valence-corrected chi connectivity index (χ2v) is 4.38. The fourth-order valence-corrected chi connectivity index (χ4v) is 2.11. The molecule has 1 heterocycles. The largest absolute Gasteiger partial charge is 0.494 e. The van der Waals surface area contributed by atoms with E-state index in [0.717, 1.165) is 6.07 Å². The van der Waals surface area contributed by atoms with Gasteiger partial charge in [-0.15, -0.1) is 0 Å². The number of carboxylic acid groups (broad SMARTS) is 1. The van der Waals surface area contributed by atoms with Gasteiger partial charge >= 0.3 is 5.97 Å². The number of carboxylic acids is 1. The second-order valence-electron chi connectivity index (χ2n) is 4.38. The molecule has 8 nitrogen and oxygen atoms in total. The predicted octanol–water partition coefficient (Wildman–Crippen LogP) is 1.03. The molecule has 9 heteroatoms. The third-order valence-corrected chi connectivity index (χ3v) is 3.13. The first-order chi connectivity index (χ1) is 9.93. The minimum Gasteiger partial charge on any atom is -0.494 e. The number of hydrogen-bond acceptors (Lipinski definition) is 6. The van der Waals surface area contributed by atoms with E-state index >= 15 is 0 Å². The van der Waals surface area contributed by atoms with Gasteiger partial charge in [0.15, 0.2) is 17.7 Å². The molecule has 2 rings (SSSR count). The van der Waals surface area contributed by atoms with Crippen molar-refractivity contribution in [3.8, 4) is 5.75 Å². The van der Waals surface area contributed by atoms with Gasteiger partial charge in [0.05, 0.1) is 31.3 Å². The molecular formula is C12H13FN2O6. The maximum absolute atomic E-state index is 13.6. The summed E-state index contributed by atoms with van der Waals surface area (Å²) in [6.07, 6.45) is -1.09. The summed E-state index contributed by atoms with van der Waals surface area (Å²) in [5.41, 5.74) is -0.341. The zero-order valence-electron chi connectivity index (χ0n) is 11.1. The molecule has 114 valence electrons. The third kappa shape index (κ3) is 3.02. The number of hydrogen-bond donors (Lipinski definition) is 1. The summed E-state index contributed by atoms with van der Waals surface area (Å²) in [5.74, 6) is -2.15. The number of methoxy groups -OCH3 is 1. The van der Waals surface area contributed by atoms with Crippen LogP contribution in [0.5, 0.6) is 5.75 Å². The van der Waals surface area contributed by atoms with Crippen molar-refractivity contribution in [2.75, 3.05) is 31.7 Å². The smallest absolute Gasteiger partial charge is 0.334 e. The van der Waals surface area contributed by atoms with Crippen molar-refractivity contribution >= 4 is 17.3 Å². The van der Waals surface area contributed by atoms with Gasteiger partial charge in [-0.3, -0.25) is 10.1 Å². The molecule has 1 saturated heterocycles. The molecule has 1 fully saturated rings. The number of ether oxygens (including phenoxy) is 2. The van der Waals surface area contributed by atoms with E-state index in [1.54, 1.807) is 0 Å². The Kier molecular flexibility index (Phi) is 4.22. The van der Waals surface area contributed by atoms with Gasteiger partial charge in [0, 0.05) is 12.6 Å². The van der Waals surface area contributed by atoms with Gasteiger partial charge in [0.2, 0.25) is 0 Å². The molecular weight excluding hydrogens is 287 g/mol. The number of halogens is 1. The van der Waals surface area contributed by atoms with Crippen LogP contribution in [0.15, 0.2) is 12.1 Å². The van der Waals surface area contributed by atoms with Crippen LogP contribution in [0.25, 0.3) is 0 Å². The van der Waals surface area contributed by atoms with Crippen LogP contribution in [0.3, 0.4) is 0 Å². The first kappa shape index (κ1) is 15.0. The lowest BCUT2D eigenvalue weighted by Gasteiger charge is -2.32. The molecule has 1 unspecified atom stereocenters. The van der Waals surface area contributed by atoms with E-state index in [1.807, 2.05) is 0 Å². The Balaban J connectivity index is 2.41. The molecule has 0 aliphatic carbocycles. The van der Waals surface area contributed by atoms with Gasteiger partial charge in [-0.25, -0.2) is 9.18 Å². The molecule has 1 aliphatic heterocycles. The fourth-order valence-electron chi connectivity index (χ4n) is 2.11. The van der Waals surface area contributed by atoms with Crippen molar-refractivity contribution in [1.82, 2.24) is 0 Å². The van der Waals surface area contributed by atoms with Crippen LogP contribution in [0.2, 0.25) is 0 Å². The monoisotopic (exact) mass is 300 g/mol. The summed E-state index contributed by atoms with van der Waals surface area (Å²) in [4.78, 5) is 22.8. The summed E-state index contributed by atoms with van der Waals surface area (Å²) in [7, 11) is 1.24. The quantitative estimate of drug-likeness (QED) is 0.654. The highest BCUT2D eigenvalue weighted by atomic mass is 19.1. The summed E-state index contributed by atoms with van der Waals surface area (Å²) < 4.78 is 23.5. The highest BCUT2D eigenvalue weighted by Crippen LogP contribution is 2.35. The lowest BCUT2D eigenvalue weighted by atomic mass is 10.2. The van der Waals surface area contributed by atoms with Crippen molar-refractivity contribution in [2.45, 2.75) is 6.10 Å². The number of aliphatic carboxylic acids is 1. The molecule has 1 aromatic carbocycles. The van der Waals surface area contributed by atoms with E-state index < -0.39 is 28.5 Å². The first-order valence-corrected chi connectivity index (χ1v) is 6.05. The minimum atomic E-state index is -1.16. The van der Waals surface area contributed by atoms with Crippen molar-refractivity contribution in [3.05, 3.63) is 28.1 Å². The van der Waals surface area contributed by atoms with E-state index in [0.29, 0.717) is 0 Å². The Morgan fingerprint density at radius 2 is 2.33 bits per heavy atom. The van der Waals surface area contributed by atoms with Crippen LogP contribution in [0.4, 0.5) is 15.8 Å². The van der Waals surface area contributed by atoms with Gasteiger partial charge in [-0.05, 0) is 0 Å². The van der Waals surface area contributed by atoms with E-state index in [-0.39, 0.29) is 31.1 Å². The van der Waals surface area contributed by atoms with Crippen LogP contribution in [0, 0.1) is 15.9 Å². The topological polar surface area (TPSA) is 102 Å².